The molecule has 1 aliphatic rings. The molecule has 0 spiro atoms. The summed E-state index contributed by atoms with van der Waals surface area (Å²) in [7, 11) is 1.50. The Kier molecular flexibility index (Phi) is 8.16. The maximum absolute atomic E-state index is 13.1. The Morgan fingerprint density at radius 2 is 1.79 bits per heavy atom. The zero-order valence-electron chi connectivity index (χ0n) is 19.6. The van der Waals surface area contributed by atoms with Crippen LogP contribution in [0.25, 0.3) is 5.76 Å². The molecule has 0 unspecified atom stereocenters. The second-order valence-electron chi connectivity index (χ2n) is 8.13. The first-order valence-electron chi connectivity index (χ1n) is 11.2. The van der Waals surface area contributed by atoms with Gasteiger partial charge in [0, 0.05) is 12.1 Å². The van der Waals surface area contributed by atoms with Crippen LogP contribution < -0.4 is 4.74 Å². The molecular weight excluding hydrogens is 440 g/mol. The summed E-state index contributed by atoms with van der Waals surface area (Å²) in [5.74, 6) is -1.07. The number of ketones is 1. The van der Waals surface area contributed by atoms with Gasteiger partial charge in [0.25, 0.3) is 11.7 Å². The third-order valence-corrected chi connectivity index (χ3v) is 6.42. The van der Waals surface area contributed by atoms with E-state index in [0.717, 1.165) is 37.2 Å². The van der Waals surface area contributed by atoms with Crippen molar-refractivity contribution in [3.63, 3.8) is 0 Å². The van der Waals surface area contributed by atoms with Crippen molar-refractivity contribution in [2.75, 3.05) is 33.3 Å². The van der Waals surface area contributed by atoms with Gasteiger partial charge in [-0.25, -0.2) is 0 Å². The van der Waals surface area contributed by atoms with E-state index in [1.807, 2.05) is 31.2 Å². The van der Waals surface area contributed by atoms with Gasteiger partial charge in [-0.15, -0.1) is 0 Å². The zero-order chi connectivity index (χ0) is 24.1. The predicted octanol–water partition coefficient (Wildman–Crippen LogP) is 4.81. The van der Waals surface area contributed by atoms with Gasteiger partial charge in [-0.3, -0.25) is 9.59 Å². The largest absolute Gasteiger partial charge is 0.507 e. The van der Waals surface area contributed by atoms with Crippen LogP contribution >= 0.6 is 11.6 Å². The first kappa shape index (κ1) is 24.8. The number of rotatable bonds is 9. The number of aliphatic hydroxyl groups excluding tert-OH is 1. The van der Waals surface area contributed by atoms with Gasteiger partial charge in [0.05, 0.1) is 23.7 Å². The number of hydrogen-bond acceptors (Lipinski definition) is 5. The van der Waals surface area contributed by atoms with E-state index in [0.29, 0.717) is 22.9 Å². The number of nitrogens with zero attached hydrogens (tertiary/aromatic N) is 2. The molecule has 6 nitrogen and oxygen atoms in total. The van der Waals surface area contributed by atoms with Crippen LogP contribution in [0.1, 0.15) is 43.0 Å². The average molecular weight is 471 g/mol. The molecule has 1 aliphatic heterocycles. The van der Waals surface area contributed by atoms with E-state index in [1.165, 1.54) is 13.2 Å². The van der Waals surface area contributed by atoms with Crippen molar-refractivity contribution in [3.8, 4) is 5.75 Å². The summed E-state index contributed by atoms with van der Waals surface area (Å²) in [6.45, 7) is 9.27. The summed E-state index contributed by atoms with van der Waals surface area (Å²) in [5, 5.41) is 11.5. The molecule has 0 bridgehead atoms. The molecule has 0 aromatic heterocycles. The van der Waals surface area contributed by atoms with Crippen LogP contribution in [0.5, 0.6) is 5.75 Å². The Balaban J connectivity index is 2.04. The molecular formula is C26H31ClN2O4. The normalized spacial score (nSPS) is 17.8. The summed E-state index contributed by atoms with van der Waals surface area (Å²) in [5.41, 5.74) is 2.29. The average Bonchev–Trinajstić information content (AvgIpc) is 3.06. The Morgan fingerprint density at radius 3 is 2.36 bits per heavy atom. The van der Waals surface area contributed by atoms with Crippen molar-refractivity contribution >= 4 is 29.1 Å². The van der Waals surface area contributed by atoms with E-state index in [1.54, 1.807) is 17.0 Å². The lowest BCUT2D eigenvalue weighted by atomic mass is 9.94. The van der Waals surface area contributed by atoms with Gasteiger partial charge in [0.15, 0.2) is 0 Å². The van der Waals surface area contributed by atoms with Crippen LogP contribution in [0.3, 0.4) is 0 Å². The third kappa shape index (κ3) is 5.23. The van der Waals surface area contributed by atoms with Crippen LogP contribution in [0.15, 0.2) is 48.0 Å². The van der Waals surface area contributed by atoms with Crippen LogP contribution in [0.2, 0.25) is 5.02 Å². The molecule has 3 rings (SSSR count). The Labute approximate surface area is 200 Å². The number of likely N-dealkylation sites (tertiary alicyclic amines) is 1. The van der Waals surface area contributed by atoms with Crippen LogP contribution in [-0.2, 0) is 9.59 Å². The molecule has 1 atom stereocenters. The SMILES string of the molecule is CCN(CC)CCCN1C(=O)C(=O)C(=C(O)c2ccc(OC)c(Cl)c2)[C@@H]1c1ccc(C)cc1. The first-order chi connectivity index (χ1) is 15.8. The number of amides is 1. The summed E-state index contributed by atoms with van der Waals surface area (Å²) in [6.07, 6.45) is 0.728. The van der Waals surface area contributed by atoms with Crippen molar-refractivity contribution in [1.82, 2.24) is 9.80 Å². The van der Waals surface area contributed by atoms with Gasteiger partial charge in [0.1, 0.15) is 11.5 Å². The highest BCUT2D eigenvalue weighted by atomic mass is 35.5. The molecule has 0 aliphatic carbocycles. The standard InChI is InChI=1S/C26H31ClN2O4/c1-5-28(6-2)14-7-15-29-23(18-10-8-17(3)9-11-18)22(25(31)26(29)32)24(30)19-12-13-21(33-4)20(27)16-19/h8-13,16,23,30H,5-7,14-15H2,1-4H3/t23-/m0/s1. The molecule has 1 N–H and O–H groups in total. The predicted molar refractivity (Wildman–Crippen MR) is 131 cm³/mol. The van der Waals surface area contributed by atoms with Gasteiger partial charge in [-0.05, 0) is 56.7 Å². The molecule has 1 saturated heterocycles. The second-order valence-corrected chi connectivity index (χ2v) is 8.54. The molecule has 1 heterocycles. The third-order valence-electron chi connectivity index (χ3n) is 6.13. The minimum atomic E-state index is -0.687. The van der Waals surface area contributed by atoms with Crippen LogP contribution in [-0.4, -0.2) is 59.9 Å². The fourth-order valence-corrected chi connectivity index (χ4v) is 4.44. The summed E-state index contributed by atoms with van der Waals surface area (Å²) in [6, 6.07) is 11.8. The zero-order valence-corrected chi connectivity index (χ0v) is 20.4. The quantitative estimate of drug-likeness (QED) is 0.323. The fourth-order valence-electron chi connectivity index (χ4n) is 4.18. The van der Waals surface area contributed by atoms with Crippen molar-refractivity contribution in [2.45, 2.75) is 33.2 Å². The molecule has 0 saturated carbocycles. The number of ether oxygens (including phenoxy) is 1. The van der Waals surface area contributed by atoms with E-state index < -0.39 is 17.7 Å². The van der Waals surface area contributed by atoms with E-state index in [-0.39, 0.29) is 11.3 Å². The lowest BCUT2D eigenvalue weighted by Gasteiger charge is -2.27. The lowest BCUT2D eigenvalue weighted by molar-refractivity contribution is -0.140. The van der Waals surface area contributed by atoms with E-state index in [2.05, 4.69) is 18.7 Å². The molecule has 7 heteroatoms. The van der Waals surface area contributed by atoms with Gasteiger partial charge < -0.3 is 19.6 Å². The van der Waals surface area contributed by atoms with Gasteiger partial charge >= 0.3 is 0 Å². The number of benzene rings is 2. The Bertz CT molecular complexity index is 1040. The van der Waals surface area contributed by atoms with Crippen LogP contribution in [0.4, 0.5) is 0 Å². The summed E-state index contributed by atoms with van der Waals surface area (Å²) < 4.78 is 5.18. The highest BCUT2D eigenvalue weighted by Crippen LogP contribution is 2.40. The minimum absolute atomic E-state index is 0.0768. The maximum Gasteiger partial charge on any atom is 0.295 e. The van der Waals surface area contributed by atoms with Crippen molar-refractivity contribution in [3.05, 3.63) is 69.8 Å². The number of carbonyl (C=O) groups excluding carboxylic acids is 2. The maximum atomic E-state index is 13.1. The highest BCUT2D eigenvalue weighted by molar-refractivity contribution is 6.46. The smallest absolute Gasteiger partial charge is 0.295 e. The number of hydrogen-bond donors (Lipinski definition) is 1. The fraction of sp³-hybridized carbons (Fsp3) is 0.385. The van der Waals surface area contributed by atoms with E-state index in [9.17, 15) is 14.7 Å². The number of halogens is 1. The number of methoxy groups -OCH3 is 1. The first-order valence-corrected chi connectivity index (χ1v) is 11.6. The number of carbonyl (C=O) groups is 2. The molecule has 0 radical (unpaired) electrons. The summed E-state index contributed by atoms with van der Waals surface area (Å²) in [4.78, 5) is 30.0. The van der Waals surface area contributed by atoms with Crippen molar-refractivity contribution in [2.24, 2.45) is 0 Å². The van der Waals surface area contributed by atoms with Crippen molar-refractivity contribution in [1.29, 1.82) is 0 Å². The van der Waals surface area contributed by atoms with Crippen LogP contribution in [0, 0.1) is 6.92 Å². The Morgan fingerprint density at radius 1 is 1.12 bits per heavy atom. The molecule has 1 fully saturated rings. The summed E-state index contributed by atoms with van der Waals surface area (Å²) >= 11 is 6.24. The van der Waals surface area contributed by atoms with Gasteiger partial charge in [-0.1, -0.05) is 55.3 Å². The van der Waals surface area contributed by atoms with Gasteiger partial charge in [0.2, 0.25) is 0 Å². The molecule has 2 aromatic carbocycles. The molecule has 33 heavy (non-hydrogen) atoms. The van der Waals surface area contributed by atoms with E-state index in [4.69, 9.17) is 16.3 Å². The molecule has 176 valence electrons. The number of aliphatic hydroxyl groups is 1. The Hall–Kier alpha value is -2.83. The highest BCUT2D eigenvalue weighted by Gasteiger charge is 2.45. The molecule has 1 amide bonds. The van der Waals surface area contributed by atoms with E-state index >= 15 is 0 Å². The van der Waals surface area contributed by atoms with Gasteiger partial charge in [-0.2, -0.15) is 0 Å². The minimum Gasteiger partial charge on any atom is -0.507 e. The topological polar surface area (TPSA) is 70.1 Å². The number of aryl methyl sites for hydroxylation is 1. The van der Waals surface area contributed by atoms with Crippen molar-refractivity contribution < 1.29 is 19.4 Å². The molecule has 2 aromatic rings. The monoisotopic (exact) mass is 470 g/mol. The second kappa shape index (κ2) is 10.9. The lowest BCUT2D eigenvalue weighted by Crippen LogP contribution is -2.33. The number of Topliss-reactive ketones (excluding diaryl/α,β-unsaturated/α-hetero) is 1.